The third-order valence-electron chi connectivity index (χ3n) is 11.5. The summed E-state index contributed by atoms with van der Waals surface area (Å²) in [5, 5.41) is 2.48. The summed E-state index contributed by atoms with van der Waals surface area (Å²) in [5.74, 6) is -1.14. The molecule has 0 spiro atoms. The average molecular weight is 751 g/mol. The van der Waals surface area contributed by atoms with Gasteiger partial charge in [-0.05, 0) is 99.2 Å². The lowest BCUT2D eigenvalue weighted by Crippen LogP contribution is -2.29. The van der Waals surface area contributed by atoms with E-state index in [1.807, 2.05) is 36.1 Å². The topological polar surface area (TPSA) is 50.5 Å². The summed E-state index contributed by atoms with van der Waals surface area (Å²) >= 11 is 0. The van der Waals surface area contributed by atoms with Crippen molar-refractivity contribution in [2.45, 2.75) is 71.6 Å². The summed E-state index contributed by atoms with van der Waals surface area (Å²) in [6.07, 6.45) is 1.42. The first kappa shape index (κ1) is 37.9. The summed E-state index contributed by atoms with van der Waals surface area (Å²) in [6.45, 7) is 12.8. The average Bonchev–Trinajstić information content (AvgIpc) is 4.00. The number of hydrogen-bond donors (Lipinski definition) is 0. The second-order valence-corrected chi connectivity index (χ2v) is 14.7. The summed E-state index contributed by atoms with van der Waals surface area (Å²) in [4.78, 5) is 29.4. The van der Waals surface area contributed by atoms with E-state index in [1.54, 1.807) is 4.90 Å². The van der Waals surface area contributed by atoms with Crippen LogP contribution in [0.2, 0.25) is 0 Å². The standard InChI is InChI=1S/C23H26N2O.C22H20F4N2O/c1-4-24-15-21(20-9-5-6-11-22(20)24)18-12-13-25(14-18)23(26)19-10-7-8-16(2)17(19)3;1-2-27-13-17(16-5-3-4-6-20(16)27)15-9-10-28(12-15)21(29)14-7-8-18(19(23)11-14)22(24,25)26/h5-11,15,18H,4,12-14H2,1-3H3;3-8,11,13,15H,2,9-10,12H2,1H3. The van der Waals surface area contributed by atoms with Gasteiger partial charge >= 0.3 is 6.18 Å². The zero-order valence-electron chi connectivity index (χ0n) is 31.7. The molecule has 2 fully saturated rings. The number of aromatic nitrogens is 2. The Morgan fingerprint density at radius 1 is 0.691 bits per heavy atom. The van der Waals surface area contributed by atoms with Crippen molar-refractivity contribution >= 4 is 33.6 Å². The molecule has 10 heteroatoms. The molecule has 0 N–H and O–H groups in total. The molecule has 2 amide bonds. The van der Waals surface area contributed by atoms with Gasteiger partial charge in [0.05, 0.1) is 5.56 Å². The van der Waals surface area contributed by atoms with Gasteiger partial charge in [0, 0.05) is 96.4 Å². The molecule has 2 saturated heterocycles. The van der Waals surface area contributed by atoms with Crippen LogP contribution in [0.1, 0.15) is 87.1 Å². The van der Waals surface area contributed by atoms with Gasteiger partial charge in [0.1, 0.15) is 5.82 Å². The Hall–Kier alpha value is -5.38. The zero-order valence-corrected chi connectivity index (χ0v) is 31.7. The van der Waals surface area contributed by atoms with Gasteiger partial charge in [-0.25, -0.2) is 4.39 Å². The molecule has 2 aromatic heterocycles. The number of carbonyl (C=O) groups excluding carboxylic acids is 2. The quantitative estimate of drug-likeness (QED) is 0.159. The number of alkyl halides is 3. The number of hydrogen-bond acceptors (Lipinski definition) is 2. The van der Waals surface area contributed by atoms with Crippen molar-refractivity contribution < 1.29 is 27.2 Å². The van der Waals surface area contributed by atoms with Crippen LogP contribution in [0.5, 0.6) is 0 Å². The highest BCUT2D eigenvalue weighted by Crippen LogP contribution is 2.37. The predicted molar refractivity (Wildman–Crippen MR) is 209 cm³/mol. The number of rotatable bonds is 6. The Labute approximate surface area is 319 Å². The molecule has 6 aromatic rings. The molecular formula is C45H46F4N4O2. The Balaban J connectivity index is 0.000000170. The SMILES string of the molecule is CCn1cc(C2CCN(C(=O)c3ccc(C(F)(F)F)c(F)c3)C2)c2ccccc21.CCn1cc(C2CCN(C(=O)c3cccc(C)c3C)C2)c2ccccc21. The van der Waals surface area contributed by atoms with Gasteiger partial charge in [0.15, 0.2) is 0 Å². The highest BCUT2D eigenvalue weighted by Gasteiger charge is 2.36. The lowest BCUT2D eigenvalue weighted by atomic mass is 9.98. The summed E-state index contributed by atoms with van der Waals surface area (Å²) in [6, 6.07) is 25.1. The highest BCUT2D eigenvalue weighted by molar-refractivity contribution is 5.96. The van der Waals surface area contributed by atoms with E-state index in [0.717, 1.165) is 72.7 Å². The van der Waals surface area contributed by atoms with E-state index in [9.17, 15) is 27.2 Å². The van der Waals surface area contributed by atoms with Gasteiger partial charge in [-0.2, -0.15) is 13.2 Å². The molecule has 6 nitrogen and oxygen atoms in total. The number of nitrogens with zero attached hydrogens (tertiary/aromatic N) is 4. The van der Waals surface area contributed by atoms with E-state index in [0.29, 0.717) is 31.1 Å². The number of carbonyl (C=O) groups is 2. The molecule has 286 valence electrons. The molecule has 4 aromatic carbocycles. The van der Waals surface area contributed by atoms with Gasteiger partial charge < -0.3 is 18.9 Å². The van der Waals surface area contributed by atoms with Crippen LogP contribution in [0.4, 0.5) is 17.6 Å². The van der Waals surface area contributed by atoms with Crippen molar-refractivity contribution in [2.24, 2.45) is 0 Å². The fraction of sp³-hybridized carbons (Fsp3) is 0.333. The van der Waals surface area contributed by atoms with Crippen molar-refractivity contribution in [3.05, 3.63) is 142 Å². The molecule has 2 unspecified atom stereocenters. The largest absolute Gasteiger partial charge is 0.419 e. The first-order valence-corrected chi connectivity index (χ1v) is 19.1. The normalized spacial score (nSPS) is 17.2. The minimum atomic E-state index is -4.78. The van der Waals surface area contributed by atoms with Crippen LogP contribution in [0.25, 0.3) is 21.8 Å². The van der Waals surface area contributed by atoms with Gasteiger partial charge in [-0.1, -0.05) is 48.5 Å². The molecule has 4 heterocycles. The number of benzene rings is 4. The highest BCUT2D eigenvalue weighted by atomic mass is 19.4. The fourth-order valence-electron chi connectivity index (χ4n) is 8.34. The third-order valence-corrected chi connectivity index (χ3v) is 11.5. The number of amides is 2. The molecule has 0 radical (unpaired) electrons. The lowest BCUT2D eigenvalue weighted by molar-refractivity contribution is -0.140. The van der Waals surface area contributed by atoms with Crippen LogP contribution in [0.15, 0.2) is 97.3 Å². The van der Waals surface area contributed by atoms with Crippen molar-refractivity contribution in [1.29, 1.82) is 0 Å². The Morgan fingerprint density at radius 3 is 1.73 bits per heavy atom. The molecule has 2 atom stereocenters. The van der Waals surface area contributed by atoms with Gasteiger partial charge in [0.25, 0.3) is 11.8 Å². The zero-order chi connectivity index (χ0) is 39.0. The first-order chi connectivity index (χ1) is 26.4. The van der Waals surface area contributed by atoms with Gasteiger partial charge in [-0.15, -0.1) is 0 Å². The minimum Gasteiger partial charge on any atom is -0.347 e. The maximum absolute atomic E-state index is 13.9. The van der Waals surface area contributed by atoms with Crippen LogP contribution >= 0.6 is 0 Å². The molecule has 2 aliphatic heterocycles. The van der Waals surface area contributed by atoms with Crippen LogP contribution in [0, 0.1) is 19.7 Å². The molecule has 55 heavy (non-hydrogen) atoms. The summed E-state index contributed by atoms with van der Waals surface area (Å²) in [7, 11) is 0. The smallest absolute Gasteiger partial charge is 0.347 e. The van der Waals surface area contributed by atoms with Crippen molar-refractivity contribution in [3.8, 4) is 0 Å². The third kappa shape index (κ3) is 7.39. The van der Waals surface area contributed by atoms with E-state index < -0.39 is 23.5 Å². The fourth-order valence-corrected chi connectivity index (χ4v) is 8.34. The number of halogens is 4. The van der Waals surface area contributed by atoms with Crippen molar-refractivity contribution in [2.75, 3.05) is 26.2 Å². The Bertz CT molecular complexity index is 2370. The van der Waals surface area contributed by atoms with E-state index in [-0.39, 0.29) is 17.4 Å². The van der Waals surface area contributed by atoms with Gasteiger partial charge in [-0.3, -0.25) is 9.59 Å². The maximum Gasteiger partial charge on any atom is 0.419 e. The van der Waals surface area contributed by atoms with E-state index in [1.165, 1.54) is 22.0 Å². The van der Waals surface area contributed by atoms with Crippen LogP contribution < -0.4 is 0 Å². The van der Waals surface area contributed by atoms with Crippen LogP contribution in [-0.2, 0) is 19.3 Å². The minimum absolute atomic E-state index is 0.0628. The molecule has 0 aliphatic carbocycles. The number of likely N-dealkylation sites (tertiary alicyclic amines) is 2. The van der Waals surface area contributed by atoms with Gasteiger partial charge in [0.2, 0.25) is 0 Å². The maximum atomic E-state index is 13.9. The second-order valence-electron chi connectivity index (χ2n) is 14.7. The number of para-hydroxylation sites is 2. The predicted octanol–water partition coefficient (Wildman–Crippen LogP) is 10.4. The van der Waals surface area contributed by atoms with E-state index in [4.69, 9.17) is 0 Å². The molecule has 8 rings (SSSR count). The lowest BCUT2D eigenvalue weighted by Gasteiger charge is -2.18. The molecule has 2 aliphatic rings. The van der Waals surface area contributed by atoms with Crippen LogP contribution in [-0.4, -0.2) is 56.9 Å². The van der Waals surface area contributed by atoms with Crippen molar-refractivity contribution in [3.63, 3.8) is 0 Å². The molecular weight excluding hydrogens is 705 g/mol. The Morgan fingerprint density at radius 2 is 1.22 bits per heavy atom. The van der Waals surface area contributed by atoms with Crippen molar-refractivity contribution in [1.82, 2.24) is 18.9 Å². The summed E-state index contributed by atoms with van der Waals surface area (Å²) < 4.78 is 56.6. The monoisotopic (exact) mass is 750 g/mol. The first-order valence-electron chi connectivity index (χ1n) is 19.1. The molecule has 0 saturated carbocycles. The van der Waals surface area contributed by atoms with Crippen LogP contribution in [0.3, 0.4) is 0 Å². The second kappa shape index (κ2) is 15.4. The van der Waals surface area contributed by atoms with E-state index in [2.05, 4.69) is 84.8 Å². The number of aryl methyl sites for hydroxylation is 3. The molecule has 0 bridgehead atoms. The summed E-state index contributed by atoms with van der Waals surface area (Å²) in [5.41, 5.74) is 6.69. The number of fused-ring (bicyclic) bond motifs is 2. The Kier molecular flexibility index (Phi) is 10.6. The van der Waals surface area contributed by atoms with E-state index >= 15 is 0 Å².